The Morgan fingerprint density at radius 2 is 1.49 bits per heavy atom. The molecule has 1 atom stereocenters. The van der Waals surface area contributed by atoms with Crippen molar-refractivity contribution >= 4 is 50.7 Å². The standard InChI is InChI=1S/C35H45Cl2N3O4S/c1-3-32(34(42)38-27-7-4-5-8-27)39(21-29-30(36)9-6-10-31(29)37)33(41)22-40(45(2,43)44)28-13-11-26(12-14-28)35-18-23-15-24(19-35)17-25(16-23)20-35/h6,9-14,23-25,27,32H,3-5,7-8,15-22H2,1-2H3,(H,38,42)/t23?,24?,25?,32-,35?/m1/s1. The molecule has 2 aromatic rings. The Kier molecular flexibility index (Phi) is 9.48. The van der Waals surface area contributed by atoms with Crippen LogP contribution in [0, 0.1) is 17.8 Å². The molecular formula is C35H45Cl2N3O4S. The predicted molar refractivity (Wildman–Crippen MR) is 180 cm³/mol. The molecule has 1 N–H and O–H groups in total. The third kappa shape index (κ3) is 6.89. The van der Waals surface area contributed by atoms with Crippen molar-refractivity contribution in [1.29, 1.82) is 0 Å². The maximum atomic E-state index is 14.2. The van der Waals surface area contributed by atoms with Gasteiger partial charge in [0, 0.05) is 28.2 Å². The minimum atomic E-state index is -3.83. The fourth-order valence-electron chi connectivity index (χ4n) is 9.20. The molecule has 5 fully saturated rings. The number of nitrogens with zero attached hydrogens (tertiary/aromatic N) is 2. The number of sulfonamides is 1. The second-order valence-electron chi connectivity index (χ2n) is 14.2. The summed E-state index contributed by atoms with van der Waals surface area (Å²) in [5.41, 5.74) is 2.44. The van der Waals surface area contributed by atoms with Crippen molar-refractivity contribution in [3.63, 3.8) is 0 Å². The highest BCUT2D eigenvalue weighted by atomic mass is 35.5. The van der Waals surface area contributed by atoms with Crippen LogP contribution in [0.25, 0.3) is 0 Å². The summed E-state index contributed by atoms with van der Waals surface area (Å²) in [5, 5.41) is 3.89. The van der Waals surface area contributed by atoms with Crippen LogP contribution in [0.2, 0.25) is 10.0 Å². The molecule has 0 aliphatic heterocycles. The molecule has 7 rings (SSSR count). The largest absolute Gasteiger partial charge is 0.352 e. The van der Waals surface area contributed by atoms with E-state index in [0.29, 0.717) is 27.7 Å². The molecule has 244 valence electrons. The van der Waals surface area contributed by atoms with Crippen LogP contribution in [0.5, 0.6) is 0 Å². The first-order valence-corrected chi connectivity index (χ1v) is 19.2. The number of amides is 2. The van der Waals surface area contributed by atoms with Crippen LogP contribution < -0.4 is 9.62 Å². The van der Waals surface area contributed by atoms with Crippen LogP contribution in [-0.4, -0.2) is 50.0 Å². The lowest BCUT2D eigenvalue weighted by Crippen LogP contribution is -2.53. The third-order valence-corrected chi connectivity index (χ3v) is 12.8. The van der Waals surface area contributed by atoms with E-state index in [0.717, 1.165) is 54.0 Å². The maximum absolute atomic E-state index is 14.2. The van der Waals surface area contributed by atoms with Crippen LogP contribution in [0.3, 0.4) is 0 Å². The van der Waals surface area contributed by atoms with Gasteiger partial charge in [-0.15, -0.1) is 0 Å². The van der Waals surface area contributed by atoms with Crippen LogP contribution in [-0.2, 0) is 31.6 Å². The van der Waals surface area contributed by atoms with Crippen molar-refractivity contribution in [2.45, 2.75) is 102 Å². The molecule has 0 spiro atoms. The van der Waals surface area contributed by atoms with Gasteiger partial charge in [0.05, 0.1) is 11.9 Å². The number of nitrogens with one attached hydrogen (secondary N) is 1. The molecule has 4 bridgehead atoms. The van der Waals surface area contributed by atoms with Crippen LogP contribution >= 0.6 is 23.2 Å². The normalized spacial score (nSPS) is 26.5. The first-order chi connectivity index (χ1) is 21.5. The van der Waals surface area contributed by atoms with Gasteiger partial charge in [-0.05, 0) is 111 Å². The highest BCUT2D eigenvalue weighted by Gasteiger charge is 2.51. The molecule has 5 aliphatic rings. The van der Waals surface area contributed by atoms with Crippen molar-refractivity contribution in [2.24, 2.45) is 17.8 Å². The van der Waals surface area contributed by atoms with E-state index in [2.05, 4.69) is 17.4 Å². The van der Waals surface area contributed by atoms with Gasteiger partial charge in [0.1, 0.15) is 12.6 Å². The van der Waals surface area contributed by atoms with Gasteiger partial charge in [-0.1, -0.05) is 61.2 Å². The van der Waals surface area contributed by atoms with Crippen molar-refractivity contribution < 1.29 is 18.0 Å². The molecular weight excluding hydrogens is 629 g/mol. The summed E-state index contributed by atoms with van der Waals surface area (Å²) in [4.78, 5) is 29.2. The van der Waals surface area contributed by atoms with Crippen LogP contribution in [0.4, 0.5) is 5.69 Å². The zero-order valence-corrected chi connectivity index (χ0v) is 28.6. The summed E-state index contributed by atoms with van der Waals surface area (Å²) < 4.78 is 27.6. The van der Waals surface area contributed by atoms with Gasteiger partial charge in [-0.25, -0.2) is 8.42 Å². The molecule has 7 nitrogen and oxygen atoms in total. The number of rotatable bonds is 11. The summed E-state index contributed by atoms with van der Waals surface area (Å²) in [6, 6.07) is 12.2. The van der Waals surface area contributed by atoms with Gasteiger partial charge in [0.25, 0.3) is 0 Å². The quantitative estimate of drug-likeness (QED) is 0.276. The Morgan fingerprint density at radius 3 is 2.00 bits per heavy atom. The van der Waals surface area contributed by atoms with Crippen LogP contribution in [0.1, 0.15) is 88.7 Å². The van der Waals surface area contributed by atoms with E-state index in [4.69, 9.17) is 23.2 Å². The molecule has 2 aromatic carbocycles. The highest BCUT2D eigenvalue weighted by Crippen LogP contribution is 2.60. The third-order valence-electron chi connectivity index (χ3n) is 11.0. The zero-order valence-electron chi connectivity index (χ0n) is 26.3. The lowest BCUT2D eigenvalue weighted by Gasteiger charge is -2.57. The molecule has 0 aromatic heterocycles. The number of anilines is 1. The smallest absolute Gasteiger partial charge is 0.244 e. The summed E-state index contributed by atoms with van der Waals surface area (Å²) >= 11 is 13.0. The Morgan fingerprint density at radius 1 is 0.933 bits per heavy atom. The van der Waals surface area contributed by atoms with Gasteiger partial charge < -0.3 is 10.2 Å². The van der Waals surface area contributed by atoms with E-state index in [1.807, 2.05) is 19.1 Å². The lowest BCUT2D eigenvalue weighted by atomic mass is 9.48. The van der Waals surface area contributed by atoms with Crippen molar-refractivity contribution in [2.75, 3.05) is 17.1 Å². The lowest BCUT2D eigenvalue weighted by molar-refractivity contribution is -0.140. The average molecular weight is 675 g/mol. The van der Waals surface area contributed by atoms with Gasteiger partial charge in [0.15, 0.2) is 0 Å². The van der Waals surface area contributed by atoms with E-state index < -0.39 is 28.5 Å². The number of halogens is 2. The molecule has 5 saturated carbocycles. The number of hydrogen-bond donors (Lipinski definition) is 1. The molecule has 5 aliphatic carbocycles. The van der Waals surface area contributed by atoms with Crippen molar-refractivity contribution in [3.8, 4) is 0 Å². The zero-order chi connectivity index (χ0) is 31.9. The fraction of sp³-hybridized carbons (Fsp3) is 0.600. The Hall–Kier alpha value is -2.29. The van der Waals surface area contributed by atoms with E-state index in [1.165, 1.54) is 49.0 Å². The SMILES string of the molecule is CC[C@H](C(=O)NC1CCCC1)N(Cc1c(Cl)cccc1Cl)C(=O)CN(c1ccc(C23CC4CC(CC(C4)C2)C3)cc1)S(C)(=O)=O. The topological polar surface area (TPSA) is 86.8 Å². The molecule has 0 radical (unpaired) electrons. The van der Waals surface area contributed by atoms with E-state index in [1.54, 1.807) is 18.2 Å². The maximum Gasteiger partial charge on any atom is 0.244 e. The Labute approximate surface area is 278 Å². The van der Waals surface area contributed by atoms with Gasteiger partial charge in [-0.3, -0.25) is 13.9 Å². The van der Waals surface area contributed by atoms with E-state index >= 15 is 0 Å². The second-order valence-corrected chi connectivity index (χ2v) is 16.9. The monoisotopic (exact) mass is 673 g/mol. The van der Waals surface area contributed by atoms with E-state index in [9.17, 15) is 18.0 Å². The van der Waals surface area contributed by atoms with Gasteiger partial charge in [0.2, 0.25) is 21.8 Å². The van der Waals surface area contributed by atoms with Crippen LogP contribution in [0.15, 0.2) is 42.5 Å². The number of benzene rings is 2. The number of hydrogen-bond acceptors (Lipinski definition) is 4. The highest BCUT2D eigenvalue weighted by molar-refractivity contribution is 7.92. The first kappa shape index (κ1) is 32.6. The Balaban J connectivity index is 1.27. The minimum absolute atomic E-state index is 0.0174. The second kappa shape index (κ2) is 13.1. The first-order valence-electron chi connectivity index (χ1n) is 16.6. The fourth-order valence-corrected chi connectivity index (χ4v) is 10.6. The van der Waals surface area contributed by atoms with Gasteiger partial charge in [-0.2, -0.15) is 0 Å². The molecule has 2 amide bonds. The summed E-state index contributed by atoms with van der Waals surface area (Å²) in [7, 11) is -3.83. The van der Waals surface area contributed by atoms with Crippen molar-refractivity contribution in [3.05, 3.63) is 63.6 Å². The minimum Gasteiger partial charge on any atom is -0.352 e. The molecule has 0 saturated heterocycles. The van der Waals surface area contributed by atoms with Crippen molar-refractivity contribution in [1.82, 2.24) is 10.2 Å². The number of carbonyl (C=O) groups excluding carboxylic acids is 2. The summed E-state index contributed by atoms with van der Waals surface area (Å²) in [6.07, 6.45) is 13.1. The molecule has 45 heavy (non-hydrogen) atoms. The van der Waals surface area contributed by atoms with E-state index in [-0.39, 0.29) is 23.9 Å². The summed E-state index contributed by atoms with van der Waals surface area (Å²) in [6.45, 7) is 1.40. The predicted octanol–water partition coefficient (Wildman–Crippen LogP) is 7.09. The average Bonchev–Trinajstić information content (AvgIpc) is 3.49. The van der Waals surface area contributed by atoms with Gasteiger partial charge >= 0.3 is 0 Å². The Bertz CT molecular complexity index is 1470. The number of carbonyl (C=O) groups is 2. The molecule has 10 heteroatoms. The molecule has 0 heterocycles. The summed E-state index contributed by atoms with van der Waals surface area (Å²) in [5.74, 6) is 1.67. The molecule has 0 unspecified atom stereocenters.